The third kappa shape index (κ3) is 4.07. The maximum absolute atomic E-state index is 12.7. The number of unbranched alkanes of at least 4 members (excludes halogenated alkanes) is 3. The van der Waals surface area contributed by atoms with E-state index in [4.69, 9.17) is 5.11 Å². The van der Waals surface area contributed by atoms with Crippen LogP contribution in [0.5, 0.6) is 0 Å². The van der Waals surface area contributed by atoms with Crippen LogP contribution in [0.4, 0.5) is 0 Å². The van der Waals surface area contributed by atoms with Crippen LogP contribution in [0.15, 0.2) is 30.3 Å². The lowest BCUT2D eigenvalue weighted by Crippen LogP contribution is -2.42. The van der Waals surface area contributed by atoms with Crippen molar-refractivity contribution in [1.82, 2.24) is 5.32 Å². The number of benzene rings is 1. The number of amides is 1. The van der Waals surface area contributed by atoms with Crippen LogP contribution in [-0.2, 0) is 10.2 Å². The van der Waals surface area contributed by atoms with Crippen molar-refractivity contribution in [2.24, 2.45) is 0 Å². The van der Waals surface area contributed by atoms with E-state index in [1.54, 1.807) is 0 Å². The predicted molar refractivity (Wildman–Crippen MR) is 85.2 cm³/mol. The van der Waals surface area contributed by atoms with Crippen molar-refractivity contribution in [1.29, 1.82) is 0 Å². The lowest BCUT2D eigenvalue weighted by Gasteiger charge is -2.28. The summed E-state index contributed by atoms with van der Waals surface area (Å²) in [6, 6.07) is 10.2. The van der Waals surface area contributed by atoms with E-state index in [0.717, 1.165) is 57.9 Å². The Bertz CT molecular complexity index is 424. The maximum atomic E-state index is 12.7. The van der Waals surface area contributed by atoms with Crippen molar-refractivity contribution in [3.8, 4) is 0 Å². The molecule has 21 heavy (non-hydrogen) atoms. The molecule has 116 valence electrons. The zero-order valence-corrected chi connectivity index (χ0v) is 12.8. The highest BCUT2D eigenvalue weighted by Crippen LogP contribution is 2.41. The van der Waals surface area contributed by atoms with Gasteiger partial charge >= 0.3 is 0 Å². The summed E-state index contributed by atoms with van der Waals surface area (Å²) in [6.45, 7) is 1.02. The average Bonchev–Trinajstić information content (AvgIpc) is 3.02. The van der Waals surface area contributed by atoms with Gasteiger partial charge in [-0.1, -0.05) is 56.0 Å². The van der Waals surface area contributed by atoms with E-state index in [1.807, 2.05) is 18.2 Å². The molecule has 0 saturated heterocycles. The van der Waals surface area contributed by atoms with Crippen LogP contribution < -0.4 is 5.32 Å². The highest BCUT2D eigenvalue weighted by Gasteiger charge is 2.42. The fourth-order valence-corrected chi connectivity index (χ4v) is 3.34. The number of rotatable bonds is 8. The molecular weight excluding hydrogens is 262 g/mol. The van der Waals surface area contributed by atoms with E-state index in [0.29, 0.717) is 0 Å². The van der Waals surface area contributed by atoms with Gasteiger partial charge in [0.05, 0.1) is 5.41 Å². The highest BCUT2D eigenvalue weighted by atomic mass is 16.2. The SMILES string of the molecule is O=C(NCCCCCCO)C1(c2ccccc2)CCCC1. The van der Waals surface area contributed by atoms with Gasteiger partial charge in [0.2, 0.25) is 5.91 Å². The number of aliphatic hydroxyl groups excluding tert-OH is 1. The molecule has 1 fully saturated rings. The second kappa shape index (κ2) is 8.18. The summed E-state index contributed by atoms with van der Waals surface area (Å²) in [6.07, 6.45) is 8.17. The molecule has 1 aliphatic carbocycles. The molecule has 0 heterocycles. The average molecular weight is 289 g/mol. The van der Waals surface area contributed by atoms with E-state index < -0.39 is 0 Å². The first-order valence-corrected chi connectivity index (χ1v) is 8.24. The lowest BCUT2D eigenvalue weighted by molar-refractivity contribution is -0.126. The Kier molecular flexibility index (Phi) is 6.24. The summed E-state index contributed by atoms with van der Waals surface area (Å²) >= 11 is 0. The largest absolute Gasteiger partial charge is 0.396 e. The van der Waals surface area contributed by atoms with Crippen LogP contribution in [0.2, 0.25) is 0 Å². The Hall–Kier alpha value is -1.35. The molecule has 1 aromatic rings. The zero-order chi connectivity index (χ0) is 15.0. The fraction of sp³-hybridized carbons (Fsp3) is 0.611. The molecule has 3 heteroatoms. The molecule has 3 nitrogen and oxygen atoms in total. The summed E-state index contributed by atoms with van der Waals surface area (Å²) < 4.78 is 0. The maximum Gasteiger partial charge on any atom is 0.230 e. The number of carbonyl (C=O) groups excluding carboxylic acids is 1. The Labute approximate surface area is 127 Å². The van der Waals surface area contributed by atoms with Crippen LogP contribution in [0.3, 0.4) is 0 Å². The second-order valence-corrected chi connectivity index (χ2v) is 6.05. The zero-order valence-electron chi connectivity index (χ0n) is 12.8. The van der Waals surface area contributed by atoms with Crippen molar-refractivity contribution >= 4 is 5.91 Å². The van der Waals surface area contributed by atoms with E-state index in [9.17, 15) is 4.79 Å². The first-order valence-electron chi connectivity index (χ1n) is 8.24. The molecule has 1 aliphatic rings. The van der Waals surface area contributed by atoms with Gasteiger partial charge < -0.3 is 10.4 Å². The Morgan fingerprint density at radius 2 is 1.71 bits per heavy atom. The standard InChI is InChI=1S/C18H27NO2/c20-15-9-2-1-8-14-19-17(21)18(12-6-7-13-18)16-10-4-3-5-11-16/h3-5,10-11,20H,1-2,6-9,12-15H2,(H,19,21). The molecule has 2 rings (SSSR count). The van der Waals surface area contributed by atoms with Gasteiger partial charge in [-0.05, 0) is 31.2 Å². The highest BCUT2D eigenvalue weighted by molar-refractivity contribution is 5.88. The number of hydrogen-bond acceptors (Lipinski definition) is 2. The van der Waals surface area contributed by atoms with Crippen LogP contribution in [-0.4, -0.2) is 24.2 Å². The van der Waals surface area contributed by atoms with Gasteiger partial charge in [0.1, 0.15) is 0 Å². The Morgan fingerprint density at radius 1 is 1.05 bits per heavy atom. The van der Waals surface area contributed by atoms with E-state index in [1.165, 1.54) is 5.56 Å². The monoisotopic (exact) mass is 289 g/mol. The number of aliphatic hydroxyl groups is 1. The summed E-state index contributed by atoms with van der Waals surface area (Å²) in [5.41, 5.74) is 0.868. The van der Waals surface area contributed by atoms with Crippen LogP contribution in [0.1, 0.15) is 56.9 Å². The summed E-state index contributed by atoms with van der Waals surface area (Å²) in [5.74, 6) is 0.202. The van der Waals surface area contributed by atoms with Gasteiger partial charge in [0.25, 0.3) is 0 Å². The topological polar surface area (TPSA) is 49.3 Å². The lowest BCUT2D eigenvalue weighted by atomic mass is 9.78. The first kappa shape index (κ1) is 16.0. The number of carbonyl (C=O) groups is 1. The summed E-state index contributed by atoms with van der Waals surface area (Å²) in [7, 11) is 0. The van der Waals surface area contributed by atoms with Gasteiger partial charge in [-0.2, -0.15) is 0 Å². The van der Waals surface area contributed by atoms with E-state index in [2.05, 4.69) is 17.4 Å². The predicted octanol–water partition coefficient (Wildman–Crippen LogP) is 3.17. The van der Waals surface area contributed by atoms with Crippen LogP contribution >= 0.6 is 0 Å². The Balaban J connectivity index is 1.88. The molecule has 0 aromatic heterocycles. The van der Waals surface area contributed by atoms with Crippen LogP contribution in [0, 0.1) is 0 Å². The van der Waals surface area contributed by atoms with Gasteiger partial charge in [0.15, 0.2) is 0 Å². The first-order chi connectivity index (χ1) is 10.3. The molecule has 1 amide bonds. The smallest absolute Gasteiger partial charge is 0.230 e. The molecule has 1 saturated carbocycles. The molecule has 0 atom stereocenters. The minimum absolute atomic E-state index is 0.202. The summed E-state index contributed by atoms with van der Waals surface area (Å²) in [4.78, 5) is 12.7. The van der Waals surface area contributed by atoms with Crippen molar-refractivity contribution in [2.45, 2.75) is 56.8 Å². The third-order valence-corrected chi connectivity index (χ3v) is 4.59. The quantitative estimate of drug-likeness (QED) is 0.722. The second-order valence-electron chi connectivity index (χ2n) is 6.05. The normalized spacial score (nSPS) is 16.8. The third-order valence-electron chi connectivity index (χ3n) is 4.59. The minimum Gasteiger partial charge on any atom is -0.396 e. The fourth-order valence-electron chi connectivity index (χ4n) is 3.34. The molecule has 0 radical (unpaired) electrons. The number of nitrogens with one attached hydrogen (secondary N) is 1. The van der Waals surface area contributed by atoms with Gasteiger partial charge in [-0.25, -0.2) is 0 Å². The molecule has 1 aromatic carbocycles. The van der Waals surface area contributed by atoms with Crippen molar-refractivity contribution in [3.63, 3.8) is 0 Å². The molecule has 0 unspecified atom stereocenters. The van der Waals surface area contributed by atoms with E-state index in [-0.39, 0.29) is 17.9 Å². The van der Waals surface area contributed by atoms with Crippen molar-refractivity contribution in [3.05, 3.63) is 35.9 Å². The molecule has 0 bridgehead atoms. The molecular formula is C18H27NO2. The van der Waals surface area contributed by atoms with Gasteiger partial charge in [0, 0.05) is 13.2 Å². The van der Waals surface area contributed by atoms with Crippen LogP contribution in [0.25, 0.3) is 0 Å². The van der Waals surface area contributed by atoms with Crippen molar-refractivity contribution in [2.75, 3.05) is 13.2 Å². The summed E-state index contributed by atoms with van der Waals surface area (Å²) in [5, 5.41) is 11.9. The van der Waals surface area contributed by atoms with E-state index >= 15 is 0 Å². The molecule has 0 aliphatic heterocycles. The number of hydrogen-bond donors (Lipinski definition) is 2. The molecule has 2 N–H and O–H groups in total. The van der Waals surface area contributed by atoms with Gasteiger partial charge in [-0.15, -0.1) is 0 Å². The molecule has 0 spiro atoms. The minimum atomic E-state index is -0.299. The van der Waals surface area contributed by atoms with Gasteiger partial charge in [-0.3, -0.25) is 4.79 Å². The Morgan fingerprint density at radius 3 is 2.38 bits per heavy atom. The van der Waals surface area contributed by atoms with Crippen molar-refractivity contribution < 1.29 is 9.90 Å².